The second kappa shape index (κ2) is 3.27. The fraction of sp³-hybridized carbons (Fsp3) is 1.00. The topological polar surface area (TPSA) is 55.3 Å². The van der Waals surface area contributed by atoms with Crippen molar-refractivity contribution in [2.75, 3.05) is 13.1 Å². The minimum Gasteiger partial charge on any atom is -0.325 e. The van der Waals surface area contributed by atoms with Crippen LogP contribution in [0.3, 0.4) is 0 Å². The molecule has 3 heterocycles. The molecule has 3 fully saturated rings. The molecule has 4 heteroatoms. The lowest BCUT2D eigenvalue weighted by Crippen LogP contribution is -2.64. The largest absolute Gasteiger partial charge is 0.325 e. The molecule has 2 bridgehead atoms. The van der Waals surface area contributed by atoms with Crippen LogP contribution < -0.4 is 11.5 Å². The van der Waals surface area contributed by atoms with E-state index in [1.54, 1.807) is 0 Å². The molecule has 4 N–H and O–H groups in total. The number of hydrogen-bond donors (Lipinski definition) is 2. The van der Waals surface area contributed by atoms with Crippen LogP contribution >= 0.6 is 12.4 Å². The number of nitrogens with two attached hydrogens (primary N) is 2. The summed E-state index contributed by atoms with van der Waals surface area (Å²) in [5, 5.41) is 0. The molecule has 2 unspecified atom stereocenters. The molecule has 0 amide bonds. The van der Waals surface area contributed by atoms with E-state index in [9.17, 15) is 0 Å². The van der Waals surface area contributed by atoms with Gasteiger partial charge in [0.05, 0.1) is 6.17 Å². The number of piperidine rings is 3. The van der Waals surface area contributed by atoms with Gasteiger partial charge in [-0.3, -0.25) is 4.90 Å². The van der Waals surface area contributed by atoms with Gasteiger partial charge in [0.2, 0.25) is 0 Å². The van der Waals surface area contributed by atoms with Crippen molar-refractivity contribution in [1.82, 2.24) is 4.90 Å². The first-order chi connectivity index (χ1) is 4.79. The van der Waals surface area contributed by atoms with Crippen molar-refractivity contribution >= 4 is 12.4 Å². The average molecular weight is 178 g/mol. The Morgan fingerprint density at radius 2 is 1.64 bits per heavy atom. The monoisotopic (exact) mass is 177 g/mol. The number of hydrogen-bond acceptors (Lipinski definition) is 3. The predicted octanol–water partition coefficient (Wildman–Crippen LogP) is -0.254. The molecule has 3 saturated heterocycles. The first-order valence-electron chi connectivity index (χ1n) is 4.04. The molecule has 0 aliphatic carbocycles. The summed E-state index contributed by atoms with van der Waals surface area (Å²) in [5.74, 6) is 0.708. The lowest BCUT2D eigenvalue weighted by atomic mass is 9.82. The van der Waals surface area contributed by atoms with Crippen LogP contribution in [0.15, 0.2) is 0 Å². The molecular formula is C7H16ClN3. The van der Waals surface area contributed by atoms with E-state index in [1.165, 1.54) is 25.9 Å². The maximum Gasteiger partial charge on any atom is 0.0730 e. The molecule has 11 heavy (non-hydrogen) atoms. The predicted molar refractivity (Wildman–Crippen MR) is 47.5 cm³/mol. The Hall–Kier alpha value is 0.170. The highest BCUT2D eigenvalue weighted by Crippen LogP contribution is 2.28. The average Bonchev–Trinajstić information content (AvgIpc) is 2.00. The zero-order valence-electron chi connectivity index (χ0n) is 6.57. The third kappa shape index (κ3) is 1.38. The van der Waals surface area contributed by atoms with Crippen molar-refractivity contribution in [3.63, 3.8) is 0 Å². The van der Waals surface area contributed by atoms with Crippen LogP contribution in [0.5, 0.6) is 0 Å². The van der Waals surface area contributed by atoms with Crippen molar-refractivity contribution < 1.29 is 0 Å². The maximum atomic E-state index is 5.90. The molecule has 0 radical (unpaired) electrons. The van der Waals surface area contributed by atoms with Gasteiger partial charge in [0, 0.05) is 6.04 Å². The van der Waals surface area contributed by atoms with E-state index in [0.717, 1.165) is 0 Å². The zero-order valence-corrected chi connectivity index (χ0v) is 7.39. The van der Waals surface area contributed by atoms with Crippen LogP contribution in [0, 0.1) is 5.92 Å². The van der Waals surface area contributed by atoms with Crippen molar-refractivity contribution in [1.29, 1.82) is 0 Å². The molecule has 0 aromatic rings. The van der Waals surface area contributed by atoms with Crippen molar-refractivity contribution in [3.8, 4) is 0 Å². The summed E-state index contributed by atoms with van der Waals surface area (Å²) in [6.45, 7) is 2.33. The van der Waals surface area contributed by atoms with Crippen molar-refractivity contribution in [3.05, 3.63) is 0 Å². The van der Waals surface area contributed by atoms with Gasteiger partial charge in [-0.15, -0.1) is 12.4 Å². The van der Waals surface area contributed by atoms with Gasteiger partial charge in [0.1, 0.15) is 0 Å². The molecule has 66 valence electrons. The van der Waals surface area contributed by atoms with Crippen molar-refractivity contribution in [2.24, 2.45) is 17.4 Å². The normalized spacial score (nSPS) is 48.5. The number of halogens is 1. The molecule has 0 aromatic carbocycles. The van der Waals surface area contributed by atoms with Gasteiger partial charge >= 0.3 is 0 Å². The summed E-state index contributed by atoms with van der Waals surface area (Å²) in [6, 6.07) is 0.238. The quantitative estimate of drug-likeness (QED) is 0.537. The van der Waals surface area contributed by atoms with Crippen LogP contribution in [0.4, 0.5) is 0 Å². The molecule has 3 aliphatic rings. The van der Waals surface area contributed by atoms with Gasteiger partial charge in [0.15, 0.2) is 0 Å². The summed E-state index contributed by atoms with van der Waals surface area (Å²) < 4.78 is 0. The summed E-state index contributed by atoms with van der Waals surface area (Å²) in [5.41, 5.74) is 11.8. The Balaban J connectivity index is 0.000000605. The number of rotatable bonds is 0. The highest BCUT2D eigenvalue weighted by molar-refractivity contribution is 5.85. The maximum absolute atomic E-state index is 5.90. The third-order valence-corrected chi connectivity index (χ3v) is 2.93. The number of fused-ring (bicyclic) bond motifs is 3. The van der Waals surface area contributed by atoms with E-state index < -0.39 is 0 Å². The van der Waals surface area contributed by atoms with Gasteiger partial charge < -0.3 is 11.5 Å². The first-order valence-corrected chi connectivity index (χ1v) is 4.04. The molecule has 0 spiro atoms. The van der Waals surface area contributed by atoms with Crippen LogP contribution in [0.25, 0.3) is 0 Å². The van der Waals surface area contributed by atoms with E-state index in [1.807, 2.05) is 0 Å². The zero-order chi connectivity index (χ0) is 7.14. The second-order valence-corrected chi connectivity index (χ2v) is 3.44. The Morgan fingerprint density at radius 1 is 1.09 bits per heavy atom. The van der Waals surface area contributed by atoms with Crippen LogP contribution in [0.2, 0.25) is 0 Å². The second-order valence-electron chi connectivity index (χ2n) is 3.44. The van der Waals surface area contributed by atoms with Gasteiger partial charge in [0.25, 0.3) is 0 Å². The van der Waals surface area contributed by atoms with E-state index in [-0.39, 0.29) is 24.6 Å². The molecule has 3 nitrogen and oxygen atoms in total. The van der Waals surface area contributed by atoms with Gasteiger partial charge in [-0.25, -0.2) is 0 Å². The summed E-state index contributed by atoms with van der Waals surface area (Å²) in [4.78, 5) is 2.30. The molecule has 3 aliphatic heterocycles. The number of nitrogens with zero attached hydrogens (tertiary/aromatic N) is 1. The smallest absolute Gasteiger partial charge is 0.0730 e. The van der Waals surface area contributed by atoms with Crippen LogP contribution in [0.1, 0.15) is 12.8 Å². The minimum absolute atomic E-state index is 0. The minimum atomic E-state index is 0. The summed E-state index contributed by atoms with van der Waals surface area (Å²) in [7, 11) is 0. The highest BCUT2D eigenvalue weighted by atomic mass is 35.5. The Morgan fingerprint density at radius 3 is 1.91 bits per heavy atom. The van der Waals surface area contributed by atoms with Gasteiger partial charge in [-0.1, -0.05) is 0 Å². The third-order valence-electron chi connectivity index (χ3n) is 2.93. The molecule has 0 aromatic heterocycles. The standard InChI is InChI=1S/C7H15N3.ClH/c8-6-5-1-3-10(4-2-5)7(6)9;/h5-7H,1-4,8-9H2;1H. The summed E-state index contributed by atoms with van der Waals surface area (Å²) >= 11 is 0. The fourth-order valence-electron chi connectivity index (χ4n) is 2.12. The van der Waals surface area contributed by atoms with E-state index in [0.29, 0.717) is 5.92 Å². The molecular weight excluding hydrogens is 162 g/mol. The van der Waals surface area contributed by atoms with Crippen LogP contribution in [-0.2, 0) is 0 Å². The Kier molecular flexibility index (Phi) is 2.75. The fourth-order valence-corrected chi connectivity index (χ4v) is 2.12. The SMILES string of the molecule is Cl.NC1C2CCN(CC2)C1N. The lowest BCUT2D eigenvalue weighted by molar-refractivity contribution is 0.0318. The summed E-state index contributed by atoms with van der Waals surface area (Å²) in [6.07, 6.45) is 2.66. The lowest BCUT2D eigenvalue weighted by Gasteiger charge is -2.47. The molecule has 2 atom stereocenters. The van der Waals surface area contributed by atoms with E-state index >= 15 is 0 Å². The van der Waals surface area contributed by atoms with Crippen LogP contribution in [-0.4, -0.2) is 30.2 Å². The highest BCUT2D eigenvalue weighted by Gasteiger charge is 2.37. The first kappa shape index (κ1) is 9.26. The Labute approximate surface area is 73.5 Å². The van der Waals surface area contributed by atoms with Gasteiger partial charge in [-0.2, -0.15) is 0 Å². The van der Waals surface area contributed by atoms with E-state index in [2.05, 4.69) is 4.90 Å². The molecule has 3 rings (SSSR count). The Bertz CT molecular complexity index is 114. The van der Waals surface area contributed by atoms with Gasteiger partial charge in [-0.05, 0) is 31.8 Å². The van der Waals surface area contributed by atoms with E-state index in [4.69, 9.17) is 11.5 Å². The molecule has 0 saturated carbocycles. The van der Waals surface area contributed by atoms with Crippen molar-refractivity contribution in [2.45, 2.75) is 25.0 Å².